The zero-order valence-corrected chi connectivity index (χ0v) is 20.3. The molecule has 0 aliphatic carbocycles. The van der Waals surface area contributed by atoms with Crippen LogP contribution in [0.25, 0.3) is 5.95 Å². The number of nitrogens with two attached hydrogens (primary N) is 1. The quantitative estimate of drug-likeness (QED) is 0.427. The Balaban J connectivity index is 1.72. The van der Waals surface area contributed by atoms with E-state index >= 15 is 0 Å². The van der Waals surface area contributed by atoms with Gasteiger partial charge in [-0.2, -0.15) is 9.78 Å². The number of rotatable bonds is 10. The number of nitrogens with zero attached hydrogens (tertiary/aromatic N) is 7. The number of primary amides is 1. The van der Waals surface area contributed by atoms with Gasteiger partial charge >= 0.3 is 0 Å². The van der Waals surface area contributed by atoms with Crippen molar-refractivity contribution in [1.82, 2.24) is 34.5 Å². The number of hydrogen-bond acceptors (Lipinski definition) is 8. The van der Waals surface area contributed by atoms with Crippen LogP contribution in [0.15, 0.2) is 17.3 Å². The molecule has 3 rings (SSSR count). The number of thioether (sulfide) groups is 1. The third-order valence-corrected chi connectivity index (χ3v) is 5.49. The normalized spacial score (nSPS) is 11.2. The summed E-state index contributed by atoms with van der Waals surface area (Å²) in [5, 5.41) is 16.4. The summed E-state index contributed by atoms with van der Waals surface area (Å²) in [6.07, 6.45) is 0.613. The van der Waals surface area contributed by atoms with E-state index in [1.165, 1.54) is 16.4 Å². The van der Waals surface area contributed by atoms with Gasteiger partial charge in [0.15, 0.2) is 5.16 Å². The zero-order valence-electron chi connectivity index (χ0n) is 19.5. The molecular formula is C21H29N9O2S. The van der Waals surface area contributed by atoms with Gasteiger partial charge < -0.3 is 15.6 Å². The van der Waals surface area contributed by atoms with Crippen molar-refractivity contribution < 1.29 is 9.59 Å². The highest BCUT2D eigenvalue weighted by Gasteiger charge is 2.18. The van der Waals surface area contributed by atoms with Gasteiger partial charge in [0.2, 0.25) is 11.8 Å². The summed E-state index contributed by atoms with van der Waals surface area (Å²) in [5.41, 5.74) is 7.63. The number of aromatic nitrogens is 7. The summed E-state index contributed by atoms with van der Waals surface area (Å²) < 4.78 is 3.48. The molecule has 0 aliphatic rings. The summed E-state index contributed by atoms with van der Waals surface area (Å²) in [4.78, 5) is 32.8. The van der Waals surface area contributed by atoms with Gasteiger partial charge in [-0.3, -0.25) is 9.59 Å². The Morgan fingerprint density at radius 3 is 2.42 bits per heavy atom. The predicted octanol–water partition coefficient (Wildman–Crippen LogP) is 1.98. The summed E-state index contributed by atoms with van der Waals surface area (Å²) in [6, 6.07) is 3.65. The molecule has 0 atom stereocenters. The Labute approximate surface area is 196 Å². The topological polar surface area (TPSA) is 146 Å². The molecule has 3 aromatic rings. The van der Waals surface area contributed by atoms with E-state index in [-0.39, 0.29) is 24.0 Å². The average molecular weight is 472 g/mol. The third-order valence-electron chi connectivity index (χ3n) is 4.53. The summed E-state index contributed by atoms with van der Waals surface area (Å²) in [7, 11) is 0. The van der Waals surface area contributed by atoms with Gasteiger partial charge in [-0.1, -0.05) is 25.6 Å². The minimum atomic E-state index is -0.387. The largest absolute Gasteiger partial charge is 0.370 e. The van der Waals surface area contributed by atoms with Crippen molar-refractivity contribution in [3.05, 3.63) is 35.0 Å². The van der Waals surface area contributed by atoms with Crippen molar-refractivity contribution in [2.45, 2.75) is 59.2 Å². The van der Waals surface area contributed by atoms with Gasteiger partial charge in [-0.25, -0.2) is 9.97 Å². The van der Waals surface area contributed by atoms with E-state index in [9.17, 15) is 9.59 Å². The highest BCUT2D eigenvalue weighted by molar-refractivity contribution is 7.99. The standard InChI is InChI=1S/C21H29N9O2S/c1-12(2)10-29-17(7-6-16(22)31)26-27-21(29)33-11-19(32)25-18-9-15(5)28-30(18)20-23-13(3)8-14(4)24-20/h8-9,12H,6-7,10-11H2,1-5H3,(H2,22,31)(H,25,32). The summed E-state index contributed by atoms with van der Waals surface area (Å²) in [5.74, 6) is 1.45. The van der Waals surface area contributed by atoms with Gasteiger partial charge in [-0.15, -0.1) is 10.2 Å². The lowest BCUT2D eigenvalue weighted by Gasteiger charge is -2.12. The fourth-order valence-electron chi connectivity index (χ4n) is 3.25. The highest BCUT2D eigenvalue weighted by Crippen LogP contribution is 2.21. The fraction of sp³-hybridized carbons (Fsp3) is 0.476. The first-order chi connectivity index (χ1) is 15.6. The molecule has 0 saturated carbocycles. The molecule has 2 amide bonds. The SMILES string of the molecule is Cc1cc(C)nc(-n2nc(C)cc2NC(=O)CSc2nnc(CCC(N)=O)n2CC(C)C)n1. The van der Waals surface area contributed by atoms with Crippen LogP contribution in [0.2, 0.25) is 0 Å². The van der Waals surface area contributed by atoms with Crippen LogP contribution in [-0.4, -0.2) is 52.1 Å². The third kappa shape index (κ3) is 6.60. The molecule has 0 saturated heterocycles. The van der Waals surface area contributed by atoms with E-state index in [1.54, 1.807) is 6.07 Å². The lowest BCUT2D eigenvalue weighted by atomic mass is 10.2. The van der Waals surface area contributed by atoms with Gasteiger partial charge in [0.05, 0.1) is 11.4 Å². The maximum atomic E-state index is 12.7. The Morgan fingerprint density at radius 1 is 1.09 bits per heavy atom. The molecule has 0 aromatic carbocycles. The Kier molecular flexibility index (Phi) is 7.79. The Bertz CT molecular complexity index is 1130. The van der Waals surface area contributed by atoms with E-state index < -0.39 is 0 Å². The second-order valence-corrected chi connectivity index (χ2v) is 9.18. The van der Waals surface area contributed by atoms with Gasteiger partial charge in [-0.05, 0) is 32.8 Å². The molecule has 3 heterocycles. The number of anilines is 1. The average Bonchev–Trinajstić information content (AvgIpc) is 3.26. The highest BCUT2D eigenvalue weighted by atomic mass is 32.2. The van der Waals surface area contributed by atoms with E-state index in [1.807, 2.05) is 31.4 Å². The molecule has 0 unspecified atom stereocenters. The van der Waals surface area contributed by atoms with E-state index in [0.717, 1.165) is 17.1 Å². The van der Waals surface area contributed by atoms with E-state index in [0.29, 0.717) is 41.6 Å². The first kappa shape index (κ1) is 24.4. The minimum Gasteiger partial charge on any atom is -0.370 e. The molecular weight excluding hydrogens is 442 g/mol. The van der Waals surface area contributed by atoms with Crippen LogP contribution < -0.4 is 11.1 Å². The number of aryl methyl sites for hydroxylation is 4. The van der Waals surface area contributed by atoms with Crippen LogP contribution in [-0.2, 0) is 22.6 Å². The van der Waals surface area contributed by atoms with Crippen molar-refractivity contribution in [3.63, 3.8) is 0 Å². The molecule has 0 fully saturated rings. The molecule has 11 nitrogen and oxygen atoms in total. The van der Waals surface area contributed by atoms with Crippen molar-refractivity contribution in [1.29, 1.82) is 0 Å². The fourth-order valence-corrected chi connectivity index (χ4v) is 4.01. The minimum absolute atomic E-state index is 0.129. The Hall–Kier alpha value is -3.28. The maximum absolute atomic E-state index is 12.7. The maximum Gasteiger partial charge on any atom is 0.252 e. The summed E-state index contributed by atoms with van der Waals surface area (Å²) >= 11 is 1.29. The lowest BCUT2D eigenvalue weighted by Crippen LogP contribution is -2.19. The van der Waals surface area contributed by atoms with Crippen LogP contribution in [0, 0.1) is 26.7 Å². The zero-order chi connectivity index (χ0) is 24.1. The van der Waals surface area contributed by atoms with Gasteiger partial charge in [0, 0.05) is 36.8 Å². The first-order valence-electron chi connectivity index (χ1n) is 10.6. The van der Waals surface area contributed by atoms with Crippen LogP contribution >= 0.6 is 11.8 Å². The van der Waals surface area contributed by atoms with Gasteiger partial charge in [0.25, 0.3) is 5.95 Å². The van der Waals surface area contributed by atoms with E-state index in [2.05, 4.69) is 44.4 Å². The molecule has 3 aromatic heterocycles. The van der Waals surface area contributed by atoms with Gasteiger partial charge in [0.1, 0.15) is 11.6 Å². The predicted molar refractivity (Wildman–Crippen MR) is 125 cm³/mol. The molecule has 0 aliphatic heterocycles. The second kappa shape index (κ2) is 10.6. The second-order valence-electron chi connectivity index (χ2n) is 8.24. The Morgan fingerprint density at radius 2 is 1.79 bits per heavy atom. The van der Waals surface area contributed by atoms with E-state index in [4.69, 9.17) is 5.73 Å². The monoisotopic (exact) mass is 471 g/mol. The number of hydrogen-bond donors (Lipinski definition) is 2. The molecule has 176 valence electrons. The molecule has 0 bridgehead atoms. The van der Waals surface area contributed by atoms with Crippen molar-refractivity contribution in [2.75, 3.05) is 11.1 Å². The molecule has 33 heavy (non-hydrogen) atoms. The van der Waals surface area contributed by atoms with Crippen LogP contribution in [0.5, 0.6) is 0 Å². The number of nitrogens with one attached hydrogen (secondary N) is 1. The van der Waals surface area contributed by atoms with Crippen LogP contribution in [0.4, 0.5) is 5.82 Å². The number of carbonyl (C=O) groups excluding carboxylic acids is 2. The smallest absolute Gasteiger partial charge is 0.252 e. The summed E-state index contributed by atoms with van der Waals surface area (Å²) in [6.45, 7) is 10.4. The van der Waals surface area contributed by atoms with Crippen molar-refractivity contribution in [3.8, 4) is 5.95 Å². The number of carbonyl (C=O) groups is 2. The molecule has 12 heteroatoms. The lowest BCUT2D eigenvalue weighted by molar-refractivity contribution is -0.118. The molecule has 0 radical (unpaired) electrons. The van der Waals surface area contributed by atoms with Crippen molar-refractivity contribution >= 4 is 29.4 Å². The first-order valence-corrected chi connectivity index (χ1v) is 11.6. The van der Waals surface area contributed by atoms with Crippen LogP contribution in [0.3, 0.4) is 0 Å². The van der Waals surface area contributed by atoms with Crippen molar-refractivity contribution in [2.24, 2.45) is 11.7 Å². The molecule has 0 spiro atoms. The number of amides is 2. The van der Waals surface area contributed by atoms with Crippen LogP contribution in [0.1, 0.15) is 43.2 Å². The molecule has 3 N–H and O–H groups in total.